The Labute approximate surface area is 134 Å². The highest BCUT2D eigenvalue weighted by Gasteiger charge is 2.20. The first-order valence-electron chi connectivity index (χ1n) is 7.28. The van der Waals surface area contributed by atoms with E-state index in [4.69, 9.17) is 11.6 Å². The van der Waals surface area contributed by atoms with E-state index in [1.54, 1.807) is 0 Å². The van der Waals surface area contributed by atoms with E-state index < -0.39 is 0 Å². The molecule has 1 aliphatic heterocycles. The smallest absolute Gasteiger partial charge is 0.398 e. The summed E-state index contributed by atoms with van der Waals surface area (Å²) >= 11 is 5.91. The van der Waals surface area contributed by atoms with E-state index in [9.17, 15) is 0 Å². The molecule has 1 heterocycles. The molecule has 0 aromatic heterocycles. The van der Waals surface area contributed by atoms with Crippen molar-refractivity contribution in [2.24, 2.45) is 0 Å². The van der Waals surface area contributed by atoms with Crippen LogP contribution in [0.5, 0.6) is 0 Å². The lowest BCUT2D eigenvalue weighted by Gasteiger charge is -2.24. The maximum Gasteiger partial charge on any atom is 0.398 e. The Bertz CT molecular complexity index is 818. The summed E-state index contributed by atoms with van der Waals surface area (Å²) in [5.74, 6) is 2.12. The van der Waals surface area contributed by atoms with E-state index in [0.717, 1.165) is 22.0 Å². The van der Waals surface area contributed by atoms with E-state index in [-0.39, 0.29) is 6.98 Å². The molecule has 106 valence electrons. The van der Waals surface area contributed by atoms with Gasteiger partial charge in [-0.15, -0.1) is 0 Å². The van der Waals surface area contributed by atoms with Crippen LogP contribution in [0.25, 0.3) is 16.8 Å². The highest BCUT2D eigenvalue weighted by Crippen LogP contribution is 2.34. The monoisotopic (exact) mass is 304 g/mol. The van der Waals surface area contributed by atoms with Crippen molar-refractivity contribution in [2.75, 3.05) is 10.5 Å². The molecule has 1 aliphatic rings. The predicted octanol–water partition coefficient (Wildman–Crippen LogP) is 5.07. The number of hydrogen-bond donors (Lipinski definition) is 2. The second-order valence-electron chi connectivity index (χ2n) is 5.39. The van der Waals surface area contributed by atoms with Crippen LogP contribution in [-0.4, -0.2) is 6.98 Å². The summed E-state index contributed by atoms with van der Waals surface area (Å²) in [5, 5.41) is 10.3. The van der Waals surface area contributed by atoms with Gasteiger partial charge in [-0.1, -0.05) is 60.1 Å². The molecule has 4 rings (SSSR count). The van der Waals surface area contributed by atoms with Crippen LogP contribution < -0.4 is 10.5 Å². The molecular formula is C18H14BClN2. The molecule has 0 radical (unpaired) electrons. The average molecular weight is 305 g/mol. The van der Waals surface area contributed by atoms with Gasteiger partial charge in [0.15, 0.2) is 0 Å². The first-order valence-corrected chi connectivity index (χ1v) is 7.66. The quantitative estimate of drug-likeness (QED) is 0.646. The topological polar surface area (TPSA) is 24.1 Å². The van der Waals surface area contributed by atoms with E-state index in [1.165, 1.54) is 10.8 Å². The van der Waals surface area contributed by atoms with E-state index in [0.29, 0.717) is 0 Å². The maximum atomic E-state index is 5.91. The molecule has 0 saturated carbocycles. The Morgan fingerprint density at radius 3 is 2.09 bits per heavy atom. The molecular weight excluding hydrogens is 290 g/mol. The van der Waals surface area contributed by atoms with Crippen LogP contribution in [0.4, 0.5) is 11.4 Å². The van der Waals surface area contributed by atoms with Crippen LogP contribution in [-0.2, 0) is 0 Å². The summed E-state index contributed by atoms with van der Waals surface area (Å²) in [5.41, 5.74) is 3.46. The molecule has 0 amide bonds. The Balaban J connectivity index is 1.63. The number of rotatable bonds is 2. The third kappa shape index (κ3) is 2.44. The number of benzene rings is 3. The summed E-state index contributed by atoms with van der Waals surface area (Å²) in [7, 11) is 0. The average Bonchev–Trinajstić information content (AvgIpc) is 2.55. The second-order valence-corrected chi connectivity index (χ2v) is 5.82. The van der Waals surface area contributed by atoms with Gasteiger partial charge in [-0.3, -0.25) is 0 Å². The summed E-state index contributed by atoms with van der Waals surface area (Å²) in [4.78, 5) is 0. The highest BCUT2D eigenvalue weighted by atomic mass is 35.5. The van der Waals surface area contributed by atoms with Crippen molar-refractivity contribution in [3.63, 3.8) is 0 Å². The summed E-state index contributed by atoms with van der Waals surface area (Å²) in [6.07, 6.45) is 2.09. The molecule has 3 aromatic carbocycles. The van der Waals surface area contributed by atoms with Gasteiger partial charge in [-0.2, -0.15) is 0 Å². The summed E-state index contributed by atoms with van der Waals surface area (Å²) in [6, 6.07) is 20.5. The molecule has 22 heavy (non-hydrogen) atoms. The first kappa shape index (κ1) is 13.3. The van der Waals surface area contributed by atoms with E-state index in [1.807, 2.05) is 24.3 Å². The molecule has 0 saturated heterocycles. The summed E-state index contributed by atoms with van der Waals surface area (Å²) in [6.45, 7) is 0.0659. The third-order valence-corrected chi connectivity index (χ3v) is 4.13. The zero-order valence-electron chi connectivity index (χ0n) is 11.9. The lowest BCUT2D eigenvalue weighted by molar-refractivity contribution is 1.61. The lowest BCUT2D eigenvalue weighted by Crippen LogP contribution is -2.35. The Morgan fingerprint density at radius 1 is 0.818 bits per heavy atom. The van der Waals surface area contributed by atoms with Gasteiger partial charge in [0, 0.05) is 21.8 Å². The van der Waals surface area contributed by atoms with Crippen molar-refractivity contribution < 1.29 is 0 Å². The van der Waals surface area contributed by atoms with Gasteiger partial charge in [0.05, 0.1) is 0 Å². The van der Waals surface area contributed by atoms with Crippen molar-refractivity contribution in [1.29, 1.82) is 0 Å². The van der Waals surface area contributed by atoms with Gasteiger partial charge in [0.1, 0.15) is 0 Å². The number of hydrogen-bond acceptors (Lipinski definition) is 2. The van der Waals surface area contributed by atoms with Crippen LogP contribution in [0.3, 0.4) is 0 Å². The number of halogens is 1. The molecule has 0 spiro atoms. The zero-order valence-corrected chi connectivity index (χ0v) is 12.6. The molecule has 2 N–H and O–H groups in total. The molecule has 0 unspecified atom stereocenters. The molecule has 0 bridgehead atoms. The fourth-order valence-electron chi connectivity index (χ4n) is 2.83. The van der Waals surface area contributed by atoms with Crippen molar-refractivity contribution in [3.05, 3.63) is 77.2 Å². The Hall–Kier alpha value is -2.39. The van der Waals surface area contributed by atoms with E-state index in [2.05, 4.69) is 58.9 Å². The van der Waals surface area contributed by atoms with Gasteiger partial charge in [0.2, 0.25) is 0 Å². The normalized spacial score (nSPS) is 13.2. The molecule has 0 aliphatic carbocycles. The van der Waals surface area contributed by atoms with Crippen LogP contribution >= 0.6 is 11.6 Å². The van der Waals surface area contributed by atoms with E-state index >= 15 is 0 Å². The molecule has 0 atom stereocenters. The largest absolute Gasteiger partial charge is 0.405 e. The fourth-order valence-corrected chi connectivity index (χ4v) is 2.96. The highest BCUT2D eigenvalue weighted by molar-refractivity contribution is 6.73. The second kappa shape index (κ2) is 5.43. The summed E-state index contributed by atoms with van der Waals surface area (Å²) < 4.78 is 0. The Kier molecular flexibility index (Phi) is 3.28. The molecule has 0 fully saturated rings. The number of anilines is 2. The van der Waals surface area contributed by atoms with Crippen LogP contribution in [0.15, 0.2) is 66.6 Å². The van der Waals surface area contributed by atoms with Gasteiger partial charge in [-0.05, 0) is 35.2 Å². The van der Waals surface area contributed by atoms with Crippen LogP contribution in [0, 0.1) is 0 Å². The SMILES string of the molecule is Clc1ccc(/C=C/B2Nc3cccc4cccc(c34)N2)cc1. The molecule has 4 heteroatoms. The van der Waals surface area contributed by atoms with Crippen molar-refractivity contribution in [3.8, 4) is 0 Å². The standard InChI is InChI=1S/C18H14BClN2/c20-15-9-7-13(8-10-15)11-12-19-21-16-5-1-3-14-4-2-6-17(22-19)18(14)16/h1-12,21-22H/b12-11+. The van der Waals surface area contributed by atoms with Gasteiger partial charge in [-0.25, -0.2) is 0 Å². The molecule has 3 aromatic rings. The lowest BCUT2D eigenvalue weighted by atomic mass is 9.73. The fraction of sp³-hybridized carbons (Fsp3) is 0. The first-order chi connectivity index (χ1) is 10.8. The Morgan fingerprint density at radius 2 is 1.45 bits per heavy atom. The van der Waals surface area contributed by atoms with Gasteiger partial charge in [0.25, 0.3) is 0 Å². The predicted molar refractivity (Wildman–Crippen MR) is 97.4 cm³/mol. The van der Waals surface area contributed by atoms with Crippen LogP contribution in [0.1, 0.15) is 5.56 Å². The minimum Gasteiger partial charge on any atom is -0.405 e. The maximum absolute atomic E-state index is 5.91. The van der Waals surface area contributed by atoms with Crippen molar-refractivity contribution in [1.82, 2.24) is 0 Å². The minimum absolute atomic E-state index is 0.0659. The third-order valence-electron chi connectivity index (χ3n) is 3.88. The number of nitrogens with one attached hydrogen (secondary N) is 2. The minimum atomic E-state index is 0.0659. The molecule has 2 nitrogen and oxygen atoms in total. The van der Waals surface area contributed by atoms with Crippen molar-refractivity contribution >= 4 is 46.8 Å². The van der Waals surface area contributed by atoms with Gasteiger partial charge < -0.3 is 10.5 Å². The van der Waals surface area contributed by atoms with Gasteiger partial charge >= 0.3 is 6.98 Å². The zero-order chi connectivity index (χ0) is 14.9. The van der Waals surface area contributed by atoms with Crippen LogP contribution in [0.2, 0.25) is 5.02 Å². The van der Waals surface area contributed by atoms with Crippen molar-refractivity contribution in [2.45, 2.75) is 0 Å².